The highest BCUT2D eigenvalue weighted by molar-refractivity contribution is 5.99. The van der Waals surface area contributed by atoms with Crippen molar-refractivity contribution in [3.05, 3.63) is 65.0 Å². The first-order valence-corrected chi connectivity index (χ1v) is 11.5. The Labute approximate surface area is 202 Å². The van der Waals surface area contributed by atoms with Gasteiger partial charge in [0.2, 0.25) is 0 Å². The van der Waals surface area contributed by atoms with Crippen LogP contribution in [-0.4, -0.2) is 74.0 Å². The molecule has 0 saturated carbocycles. The summed E-state index contributed by atoms with van der Waals surface area (Å²) in [6, 6.07) is 8.75. The summed E-state index contributed by atoms with van der Waals surface area (Å²) in [7, 11) is 0. The molecule has 11 heteroatoms. The van der Waals surface area contributed by atoms with E-state index in [9.17, 15) is 19.5 Å². The molecule has 1 aromatic carbocycles. The molecule has 184 valence electrons. The topological polar surface area (TPSA) is 123 Å². The summed E-state index contributed by atoms with van der Waals surface area (Å²) in [5, 5.41) is 13.7. The molecular weight excluding hydrogens is 452 g/mol. The van der Waals surface area contributed by atoms with E-state index in [2.05, 4.69) is 15.0 Å². The molecule has 4 rings (SSSR count). The molecule has 3 aromatic rings. The van der Waals surface area contributed by atoms with Crippen LogP contribution in [-0.2, 0) is 4.74 Å². The summed E-state index contributed by atoms with van der Waals surface area (Å²) >= 11 is 0. The number of carbonyl (C=O) groups is 2. The minimum atomic E-state index is -0.767. The molecule has 1 saturated heterocycles. The highest BCUT2D eigenvalue weighted by Gasteiger charge is 2.25. The molecule has 0 radical (unpaired) electrons. The van der Waals surface area contributed by atoms with E-state index in [4.69, 9.17) is 4.74 Å². The zero-order chi connectivity index (χ0) is 24.9. The van der Waals surface area contributed by atoms with Crippen LogP contribution in [0.3, 0.4) is 0 Å². The molecule has 1 atom stereocenters. The van der Waals surface area contributed by atoms with Crippen LogP contribution in [0.2, 0.25) is 0 Å². The lowest BCUT2D eigenvalue weighted by Gasteiger charge is -2.34. The molecule has 0 bridgehead atoms. The Morgan fingerprint density at radius 2 is 1.77 bits per heavy atom. The summed E-state index contributed by atoms with van der Waals surface area (Å²) in [5.74, 6) is 0.551. The number of hydrogen-bond donors (Lipinski definition) is 1. The second kappa shape index (κ2) is 10.4. The standard InChI is InChI=1S/C24H28N6O5/c1-3-20(22(32)17-5-8-19(31)9-6-17)30-23(33)29(16-26-30)18-7-10-21(25-15-18)27-11-13-28(14-12-27)24(34)35-4-2/h5-10,15-16,20,31H,3-4,11-14H2,1-2H3. The van der Waals surface area contributed by atoms with Crippen molar-refractivity contribution in [1.82, 2.24) is 24.2 Å². The van der Waals surface area contributed by atoms with Gasteiger partial charge in [-0.2, -0.15) is 5.10 Å². The Morgan fingerprint density at radius 1 is 1.06 bits per heavy atom. The lowest BCUT2D eigenvalue weighted by molar-refractivity contribution is 0.0911. The fourth-order valence-electron chi connectivity index (χ4n) is 4.04. The molecule has 1 fully saturated rings. The number of pyridine rings is 1. The van der Waals surface area contributed by atoms with Crippen molar-refractivity contribution < 1.29 is 19.4 Å². The molecule has 1 aliphatic heterocycles. The smallest absolute Gasteiger partial charge is 0.409 e. The van der Waals surface area contributed by atoms with E-state index in [1.54, 1.807) is 24.1 Å². The van der Waals surface area contributed by atoms with Crippen LogP contribution in [0.5, 0.6) is 5.75 Å². The number of amides is 1. The first-order chi connectivity index (χ1) is 16.9. The van der Waals surface area contributed by atoms with Crippen molar-refractivity contribution in [2.75, 3.05) is 37.7 Å². The van der Waals surface area contributed by atoms with Crippen molar-refractivity contribution in [1.29, 1.82) is 0 Å². The molecule has 1 unspecified atom stereocenters. The zero-order valence-electron chi connectivity index (χ0n) is 19.7. The molecular formula is C24H28N6O5. The van der Waals surface area contributed by atoms with Crippen molar-refractivity contribution >= 4 is 17.7 Å². The highest BCUT2D eigenvalue weighted by Crippen LogP contribution is 2.19. The summed E-state index contributed by atoms with van der Waals surface area (Å²) in [5.41, 5.74) is 0.480. The van der Waals surface area contributed by atoms with Crippen LogP contribution in [0.25, 0.3) is 5.69 Å². The monoisotopic (exact) mass is 480 g/mol. The number of carbonyl (C=O) groups excluding carboxylic acids is 2. The lowest BCUT2D eigenvalue weighted by Crippen LogP contribution is -2.49. The predicted molar refractivity (Wildman–Crippen MR) is 128 cm³/mol. The molecule has 3 heterocycles. The van der Waals surface area contributed by atoms with Gasteiger partial charge in [-0.05, 0) is 49.7 Å². The first kappa shape index (κ1) is 24.0. The number of ether oxygens (including phenoxy) is 1. The quantitative estimate of drug-likeness (QED) is 0.511. The van der Waals surface area contributed by atoms with E-state index in [1.165, 1.54) is 39.8 Å². The number of aromatic hydroxyl groups is 1. The fourth-order valence-corrected chi connectivity index (χ4v) is 4.04. The van der Waals surface area contributed by atoms with Gasteiger partial charge in [-0.1, -0.05) is 6.92 Å². The van der Waals surface area contributed by atoms with Gasteiger partial charge >= 0.3 is 11.8 Å². The predicted octanol–water partition coefficient (Wildman–Crippen LogP) is 2.25. The Bertz CT molecular complexity index is 1230. The van der Waals surface area contributed by atoms with Gasteiger partial charge in [0.25, 0.3) is 0 Å². The minimum Gasteiger partial charge on any atom is -0.508 e. The van der Waals surface area contributed by atoms with Crippen LogP contribution in [0.4, 0.5) is 10.6 Å². The normalized spacial score (nSPS) is 14.6. The van der Waals surface area contributed by atoms with Crippen molar-refractivity contribution in [2.45, 2.75) is 26.3 Å². The Morgan fingerprint density at radius 3 is 2.37 bits per heavy atom. The molecule has 11 nitrogen and oxygen atoms in total. The van der Waals surface area contributed by atoms with Gasteiger partial charge in [0.05, 0.1) is 18.5 Å². The number of rotatable bonds is 7. The number of anilines is 1. The highest BCUT2D eigenvalue weighted by atomic mass is 16.6. The number of phenols is 1. The Balaban J connectivity index is 1.47. The number of nitrogens with zero attached hydrogens (tertiary/aromatic N) is 6. The Kier molecular flexibility index (Phi) is 7.14. The maximum Gasteiger partial charge on any atom is 0.409 e. The van der Waals surface area contributed by atoms with Crippen LogP contribution in [0.1, 0.15) is 36.7 Å². The van der Waals surface area contributed by atoms with Gasteiger partial charge in [-0.3, -0.25) is 4.79 Å². The van der Waals surface area contributed by atoms with Crippen LogP contribution >= 0.6 is 0 Å². The van der Waals surface area contributed by atoms with Gasteiger partial charge in [0.1, 0.15) is 23.9 Å². The van der Waals surface area contributed by atoms with Gasteiger partial charge < -0.3 is 19.6 Å². The maximum absolute atomic E-state index is 13.1. The summed E-state index contributed by atoms with van der Waals surface area (Å²) in [6.45, 7) is 6.28. The second-order valence-electron chi connectivity index (χ2n) is 8.11. The fraction of sp³-hybridized carbons (Fsp3) is 0.375. The lowest BCUT2D eigenvalue weighted by atomic mass is 10.0. The number of piperazine rings is 1. The largest absolute Gasteiger partial charge is 0.508 e. The van der Waals surface area contributed by atoms with Crippen LogP contribution in [0.15, 0.2) is 53.7 Å². The Hall–Kier alpha value is -4.15. The number of aromatic nitrogens is 4. The number of ketones is 1. The molecule has 1 amide bonds. The third kappa shape index (κ3) is 5.03. The average molecular weight is 481 g/mol. The summed E-state index contributed by atoms with van der Waals surface area (Å²) in [6.07, 6.45) is 3.04. The molecule has 35 heavy (non-hydrogen) atoms. The summed E-state index contributed by atoms with van der Waals surface area (Å²) in [4.78, 5) is 46.2. The summed E-state index contributed by atoms with van der Waals surface area (Å²) < 4.78 is 7.58. The molecule has 1 aliphatic rings. The van der Waals surface area contributed by atoms with Crippen molar-refractivity contribution in [3.8, 4) is 11.4 Å². The second-order valence-corrected chi connectivity index (χ2v) is 8.11. The van der Waals surface area contributed by atoms with E-state index in [1.807, 2.05) is 13.0 Å². The van der Waals surface area contributed by atoms with E-state index in [-0.39, 0.29) is 17.6 Å². The SMILES string of the molecule is CCOC(=O)N1CCN(c2ccc(-n3cnn(C(CC)C(=O)c4ccc(O)cc4)c3=O)cn2)CC1. The van der Waals surface area contributed by atoms with E-state index >= 15 is 0 Å². The number of Topliss-reactive ketones (excluding diaryl/α,β-unsaturated/α-hetero) is 1. The molecule has 2 aromatic heterocycles. The number of hydrogen-bond acceptors (Lipinski definition) is 8. The van der Waals surface area contributed by atoms with E-state index in [0.29, 0.717) is 50.5 Å². The van der Waals surface area contributed by atoms with Gasteiger partial charge in [-0.15, -0.1) is 0 Å². The maximum atomic E-state index is 13.1. The van der Waals surface area contributed by atoms with E-state index in [0.717, 1.165) is 5.82 Å². The number of benzene rings is 1. The average Bonchev–Trinajstić information content (AvgIpc) is 3.26. The third-order valence-corrected chi connectivity index (χ3v) is 5.97. The van der Waals surface area contributed by atoms with Crippen LogP contribution < -0.4 is 10.6 Å². The molecule has 0 aliphatic carbocycles. The van der Waals surface area contributed by atoms with E-state index < -0.39 is 11.7 Å². The van der Waals surface area contributed by atoms with Crippen LogP contribution in [0, 0.1) is 0 Å². The molecule has 1 N–H and O–H groups in total. The van der Waals surface area contributed by atoms with Crippen molar-refractivity contribution in [3.63, 3.8) is 0 Å². The number of phenolic OH excluding ortho intramolecular Hbond substituents is 1. The molecule has 0 spiro atoms. The van der Waals surface area contributed by atoms with Gasteiger partial charge in [0, 0.05) is 31.7 Å². The van der Waals surface area contributed by atoms with Crippen molar-refractivity contribution in [2.24, 2.45) is 0 Å². The first-order valence-electron chi connectivity index (χ1n) is 11.5. The third-order valence-electron chi connectivity index (χ3n) is 5.97. The van der Waals surface area contributed by atoms with Gasteiger partial charge in [-0.25, -0.2) is 23.8 Å². The zero-order valence-corrected chi connectivity index (χ0v) is 19.7. The van der Waals surface area contributed by atoms with Gasteiger partial charge in [0.15, 0.2) is 5.78 Å². The minimum absolute atomic E-state index is 0.0628.